The molecule has 0 aliphatic rings. The molecule has 0 saturated heterocycles. The van der Waals surface area contributed by atoms with Crippen molar-refractivity contribution in [1.82, 2.24) is 0 Å². The standard InChI is InChI=1S/C7H13O2.BrH.Zn/c1-3-4-5-6-9-7(2)8;;/h1,3-6H2,2H3;1H;/q-1;;+2/p-1. The van der Waals surface area contributed by atoms with Gasteiger partial charge in [-0.05, 0) is 6.42 Å². The van der Waals surface area contributed by atoms with Gasteiger partial charge in [0.05, 0.1) is 6.61 Å². The average molecular weight is 274 g/mol. The molecular weight excluding hydrogens is 261 g/mol. The third kappa shape index (κ3) is 18.0. The Balaban J connectivity index is 0. The first-order valence-corrected chi connectivity index (χ1v) is 10.4. The van der Waals surface area contributed by atoms with Crippen LogP contribution in [-0.4, -0.2) is 12.6 Å². The molecule has 0 aromatic heterocycles. The van der Waals surface area contributed by atoms with E-state index in [0.29, 0.717) is 6.61 Å². The van der Waals surface area contributed by atoms with E-state index in [1.54, 1.807) is 0 Å². The van der Waals surface area contributed by atoms with E-state index < -0.39 is 0 Å². The first-order valence-electron chi connectivity index (χ1n) is 3.46. The Morgan fingerprint density at radius 1 is 1.55 bits per heavy atom. The summed E-state index contributed by atoms with van der Waals surface area (Å²) in [5.41, 5.74) is 0. The predicted molar refractivity (Wildman–Crippen MR) is 44.8 cm³/mol. The zero-order valence-electron chi connectivity index (χ0n) is 6.94. The molecule has 0 saturated carbocycles. The van der Waals surface area contributed by atoms with Crippen LogP contribution in [0.3, 0.4) is 0 Å². The van der Waals surface area contributed by atoms with Crippen molar-refractivity contribution in [2.24, 2.45) is 0 Å². The Bertz CT molecular complexity index is 88.5. The number of carbonyl (C=O) groups excluding carboxylic acids is 1. The molecule has 62 valence electrons. The van der Waals surface area contributed by atoms with Gasteiger partial charge in [0.1, 0.15) is 0 Å². The van der Waals surface area contributed by atoms with Gasteiger partial charge in [-0.25, -0.2) is 0 Å². The van der Waals surface area contributed by atoms with Crippen molar-refractivity contribution in [3.8, 4) is 0 Å². The van der Waals surface area contributed by atoms with Gasteiger partial charge in [0.2, 0.25) is 0 Å². The first kappa shape index (κ1) is 14.1. The second-order valence-electron chi connectivity index (χ2n) is 1.90. The second kappa shape index (κ2) is 13.2. The second-order valence-corrected chi connectivity index (χ2v) is 1.90. The molecule has 0 bridgehead atoms. The molecular formula is C7H13BrO2Zn. The molecule has 0 spiro atoms. The van der Waals surface area contributed by atoms with Gasteiger partial charge < -0.3 is 11.7 Å². The Morgan fingerprint density at radius 3 is 2.45 bits per heavy atom. The molecule has 0 N–H and O–H groups in total. The van der Waals surface area contributed by atoms with Gasteiger partial charge in [-0.3, -0.25) is 4.79 Å². The molecule has 2 nitrogen and oxygen atoms in total. The van der Waals surface area contributed by atoms with Crippen LogP contribution in [-0.2, 0) is 25.9 Å². The third-order valence-electron chi connectivity index (χ3n) is 0.950. The molecule has 0 atom stereocenters. The summed E-state index contributed by atoms with van der Waals surface area (Å²) in [4.78, 5) is 10.2. The van der Waals surface area contributed by atoms with Crippen molar-refractivity contribution in [2.75, 3.05) is 6.61 Å². The molecule has 0 aliphatic carbocycles. The number of esters is 1. The van der Waals surface area contributed by atoms with Gasteiger partial charge >= 0.3 is 35.9 Å². The molecule has 0 rings (SSSR count). The van der Waals surface area contributed by atoms with Gasteiger partial charge in [0, 0.05) is 6.92 Å². The van der Waals surface area contributed by atoms with Crippen LogP contribution in [0, 0.1) is 6.92 Å². The molecule has 0 fully saturated rings. The maximum absolute atomic E-state index is 10.2. The molecule has 11 heavy (non-hydrogen) atoms. The van der Waals surface area contributed by atoms with E-state index in [1.807, 2.05) is 0 Å². The van der Waals surface area contributed by atoms with Crippen LogP contribution in [0.25, 0.3) is 0 Å². The molecule has 0 unspecified atom stereocenters. The fourth-order valence-corrected chi connectivity index (χ4v) is 0.495. The van der Waals surface area contributed by atoms with Crippen molar-refractivity contribution >= 4 is 19.6 Å². The van der Waals surface area contributed by atoms with Crippen LogP contribution in [0.1, 0.15) is 26.2 Å². The number of halogens is 1. The number of hydrogen-bond donors (Lipinski definition) is 0. The van der Waals surface area contributed by atoms with Crippen LogP contribution in [0.15, 0.2) is 0 Å². The van der Waals surface area contributed by atoms with Crippen molar-refractivity contribution < 1.29 is 25.9 Å². The minimum absolute atomic E-state index is 0.195. The topological polar surface area (TPSA) is 26.3 Å². The van der Waals surface area contributed by atoms with Gasteiger partial charge in [0.25, 0.3) is 0 Å². The van der Waals surface area contributed by atoms with Gasteiger partial charge in [-0.15, -0.1) is 0 Å². The summed E-state index contributed by atoms with van der Waals surface area (Å²) >= 11 is 4.25. The molecule has 0 heterocycles. The van der Waals surface area contributed by atoms with E-state index in [-0.39, 0.29) is 5.97 Å². The van der Waals surface area contributed by atoms with E-state index in [1.165, 1.54) is 23.3 Å². The Hall–Kier alpha value is 0.573. The average Bonchev–Trinajstić information content (AvgIpc) is 2.02. The zero-order valence-corrected chi connectivity index (χ0v) is 11.5. The molecule has 0 radical (unpaired) electrons. The van der Waals surface area contributed by atoms with Gasteiger partial charge in [-0.2, -0.15) is 6.42 Å². The molecule has 0 aromatic rings. The summed E-state index contributed by atoms with van der Waals surface area (Å²) in [7, 11) is 0. The van der Waals surface area contributed by atoms with E-state index in [9.17, 15) is 4.79 Å². The molecule has 0 amide bonds. The zero-order chi connectivity index (χ0) is 9.11. The number of ether oxygens (including phenoxy) is 1. The quantitative estimate of drug-likeness (QED) is 0.340. The predicted octanol–water partition coefficient (Wildman–Crippen LogP) is 2.40. The maximum atomic E-state index is 10.2. The first-order chi connectivity index (χ1) is 5.27. The summed E-state index contributed by atoms with van der Waals surface area (Å²) in [6.45, 7) is 5.63. The van der Waals surface area contributed by atoms with Crippen LogP contribution in [0.5, 0.6) is 0 Å². The Kier molecular flexibility index (Phi) is 16.9. The van der Waals surface area contributed by atoms with E-state index in [0.717, 1.165) is 19.3 Å². The number of hydrogen-bond acceptors (Lipinski definition) is 2. The van der Waals surface area contributed by atoms with E-state index >= 15 is 0 Å². The van der Waals surface area contributed by atoms with Gasteiger partial charge in [-0.1, -0.05) is 6.42 Å². The van der Waals surface area contributed by atoms with Crippen molar-refractivity contribution in [1.29, 1.82) is 0 Å². The number of rotatable bonds is 4. The monoisotopic (exact) mass is 272 g/mol. The summed E-state index contributed by atoms with van der Waals surface area (Å²) in [5.74, 6) is -0.195. The normalized spacial score (nSPS) is 8.09. The Morgan fingerprint density at radius 2 is 2.09 bits per heavy atom. The van der Waals surface area contributed by atoms with Crippen molar-refractivity contribution in [3.63, 3.8) is 0 Å². The SMILES string of the molecule is [CH2-]CCCCOC(C)=O.[Zn+][Br]. The van der Waals surface area contributed by atoms with E-state index in [2.05, 4.69) is 25.3 Å². The summed E-state index contributed by atoms with van der Waals surface area (Å²) in [6.07, 6.45) is 2.89. The fraction of sp³-hybridized carbons (Fsp3) is 0.714. The number of carbonyl (C=O) groups is 1. The molecule has 0 aromatic carbocycles. The summed E-state index contributed by atoms with van der Waals surface area (Å²) in [5, 5.41) is 0. The van der Waals surface area contributed by atoms with Crippen LogP contribution in [0.4, 0.5) is 0 Å². The number of unbranched alkanes of at least 4 members (excludes halogenated alkanes) is 2. The third-order valence-corrected chi connectivity index (χ3v) is 0.950. The van der Waals surface area contributed by atoms with Crippen LogP contribution < -0.4 is 0 Å². The molecule has 0 aliphatic heterocycles. The van der Waals surface area contributed by atoms with Crippen LogP contribution in [0.2, 0.25) is 0 Å². The summed E-state index contributed by atoms with van der Waals surface area (Å²) < 4.78 is 4.68. The molecule has 4 heteroatoms. The van der Waals surface area contributed by atoms with E-state index in [4.69, 9.17) is 0 Å². The fourth-order valence-electron chi connectivity index (χ4n) is 0.495. The summed E-state index contributed by atoms with van der Waals surface area (Å²) in [6, 6.07) is 0. The van der Waals surface area contributed by atoms with Crippen LogP contribution >= 0.6 is 13.6 Å². The Labute approximate surface area is 85.1 Å². The van der Waals surface area contributed by atoms with Gasteiger partial charge in [0.15, 0.2) is 0 Å². The van der Waals surface area contributed by atoms with Crippen molar-refractivity contribution in [2.45, 2.75) is 26.2 Å². The van der Waals surface area contributed by atoms with Crippen molar-refractivity contribution in [3.05, 3.63) is 6.92 Å². The minimum atomic E-state index is -0.195.